The number of nitrogens with one attached hydrogen (secondary N) is 1. The van der Waals surface area contributed by atoms with Crippen LogP contribution in [0.5, 0.6) is 0 Å². The predicted octanol–water partition coefficient (Wildman–Crippen LogP) is 2.16. The van der Waals surface area contributed by atoms with Crippen molar-refractivity contribution in [3.63, 3.8) is 0 Å². The van der Waals surface area contributed by atoms with Crippen molar-refractivity contribution in [2.45, 2.75) is 33.4 Å². The number of halogens is 3. The molecule has 1 amide bonds. The van der Waals surface area contributed by atoms with E-state index in [1.807, 2.05) is 5.32 Å². The number of alkyl halides is 3. The Bertz CT molecular complexity index is 1270. The van der Waals surface area contributed by atoms with Crippen LogP contribution in [0.3, 0.4) is 0 Å². The number of sulfone groups is 2. The van der Waals surface area contributed by atoms with Gasteiger partial charge in [-0.2, -0.15) is 13.2 Å². The number of amides is 1. The van der Waals surface area contributed by atoms with Gasteiger partial charge >= 0.3 is 6.18 Å². The Balaban J connectivity index is 2.43. The second-order valence-electron chi connectivity index (χ2n) is 6.62. The van der Waals surface area contributed by atoms with Crippen LogP contribution in [-0.2, 0) is 24.5 Å². The van der Waals surface area contributed by atoms with Gasteiger partial charge in [0.25, 0.3) is 5.91 Å². The summed E-state index contributed by atoms with van der Waals surface area (Å²) in [7, 11) is -7.71. The van der Waals surface area contributed by atoms with Gasteiger partial charge in [0.05, 0.1) is 20.4 Å². The van der Waals surface area contributed by atoms with E-state index in [-0.39, 0.29) is 32.9 Å². The fraction of sp³-hybridized carbons (Fsp3) is 0.211. The summed E-state index contributed by atoms with van der Waals surface area (Å²) in [6.07, 6.45) is 0.994. The molecule has 2 rings (SSSR count). The molecule has 0 aliphatic rings. The number of hydrogen-bond donors (Lipinski definition) is 2. The molecule has 31 heavy (non-hydrogen) atoms. The van der Waals surface area contributed by atoms with Crippen LogP contribution >= 0.6 is 0 Å². The maximum atomic E-state index is 12.8. The maximum absolute atomic E-state index is 12.8. The molecule has 0 radical (unpaired) electrons. The predicted molar refractivity (Wildman–Crippen MR) is 105 cm³/mol. The first-order valence-electron chi connectivity index (χ1n) is 8.28. The normalized spacial score (nSPS) is 14.4. The lowest BCUT2D eigenvalue weighted by molar-refractivity contribution is -0.242. The van der Waals surface area contributed by atoms with E-state index in [1.54, 1.807) is 0 Å². The zero-order valence-electron chi connectivity index (χ0n) is 16.1. The first kappa shape index (κ1) is 24.4. The van der Waals surface area contributed by atoms with Crippen molar-refractivity contribution in [2.24, 2.45) is 0 Å². The summed E-state index contributed by atoms with van der Waals surface area (Å²) in [5.74, 6) is 0.260. The molecule has 2 aromatic rings. The average Bonchev–Trinajstić information content (AvgIpc) is 2.66. The molecule has 0 saturated heterocycles. The van der Waals surface area contributed by atoms with Gasteiger partial charge in [-0.25, -0.2) is 16.8 Å². The Kier molecular flexibility index (Phi) is 6.29. The fourth-order valence-corrected chi connectivity index (χ4v) is 4.21. The number of carbonyl (C=O) groups excluding carboxylic acids is 1. The van der Waals surface area contributed by atoms with Gasteiger partial charge in [0, 0.05) is 11.8 Å². The van der Waals surface area contributed by atoms with Gasteiger partial charge < -0.3 is 10.4 Å². The minimum atomic E-state index is -5.26. The smallest absolute Gasteiger partial charge is 0.373 e. The van der Waals surface area contributed by atoms with Gasteiger partial charge in [-0.3, -0.25) is 4.79 Å². The number of aliphatic hydroxyl groups is 1. The number of terminal acetylenes is 1. The first-order chi connectivity index (χ1) is 14.0. The molecule has 0 aliphatic heterocycles. The zero-order valence-corrected chi connectivity index (χ0v) is 17.7. The minimum Gasteiger partial charge on any atom is -0.373 e. The molecular formula is C19H16F3NO6S2. The summed E-state index contributed by atoms with van der Waals surface area (Å²) in [5.41, 5.74) is -4.27. The molecule has 0 fully saturated rings. The molecule has 166 valence electrons. The monoisotopic (exact) mass is 475 g/mol. The highest BCUT2D eigenvalue weighted by atomic mass is 32.2. The van der Waals surface area contributed by atoms with Crippen LogP contribution in [0.15, 0.2) is 57.2 Å². The number of anilines is 1. The van der Waals surface area contributed by atoms with E-state index in [2.05, 4.69) is 5.92 Å². The Hall–Kier alpha value is -2.88. The third-order valence-electron chi connectivity index (χ3n) is 4.26. The summed E-state index contributed by atoms with van der Waals surface area (Å²) in [6, 6.07) is 7.32. The van der Waals surface area contributed by atoms with Crippen molar-refractivity contribution in [3.05, 3.63) is 48.0 Å². The first-order valence-corrected chi connectivity index (χ1v) is 11.7. The highest BCUT2D eigenvalue weighted by Gasteiger charge is 2.55. The molecule has 2 aromatic carbocycles. The summed E-state index contributed by atoms with van der Waals surface area (Å²) >= 11 is 0. The summed E-state index contributed by atoms with van der Waals surface area (Å²) in [5, 5.41) is 11.3. The van der Waals surface area contributed by atoms with Gasteiger partial charge in [-0.05, 0) is 49.4 Å². The van der Waals surface area contributed by atoms with Crippen molar-refractivity contribution >= 4 is 31.3 Å². The van der Waals surface area contributed by atoms with E-state index in [1.165, 1.54) is 0 Å². The second kappa shape index (κ2) is 7.99. The van der Waals surface area contributed by atoms with Crippen LogP contribution in [0.25, 0.3) is 0 Å². The van der Waals surface area contributed by atoms with Crippen molar-refractivity contribution < 1.29 is 39.9 Å². The van der Waals surface area contributed by atoms with E-state index in [0.29, 0.717) is 0 Å². The van der Waals surface area contributed by atoms with Crippen molar-refractivity contribution in [3.8, 4) is 12.3 Å². The van der Waals surface area contributed by atoms with Gasteiger partial charge in [0.15, 0.2) is 9.84 Å². The van der Waals surface area contributed by atoms with Crippen LogP contribution < -0.4 is 5.32 Å². The highest BCUT2D eigenvalue weighted by Crippen LogP contribution is 2.32. The molecule has 2 N–H and O–H groups in total. The second-order valence-corrected chi connectivity index (χ2v) is 10.6. The van der Waals surface area contributed by atoms with E-state index < -0.39 is 37.4 Å². The Labute approximate surface area is 176 Å². The molecule has 0 spiro atoms. The molecule has 0 unspecified atom stereocenters. The Morgan fingerprint density at radius 1 is 1.00 bits per heavy atom. The SMILES string of the molecule is C#Cc1cc(S(=O)(=O)c2ccc(S(C)(=O)=O)cc2)ccc1NC(=O)[C@@](C)(O)C(F)(F)F. The largest absolute Gasteiger partial charge is 0.426 e. The molecule has 7 nitrogen and oxygen atoms in total. The molecule has 0 saturated carbocycles. The standard InChI is InChI=1S/C19H16F3NO6S2/c1-4-12-11-15(9-10-16(12)23-17(24)18(2,25)19(20,21)22)31(28,29)14-7-5-13(6-8-14)30(3,26)27/h1,5-11,25H,2-3H3,(H,23,24)/t18-/m1/s1. The van der Waals surface area contributed by atoms with Crippen molar-refractivity contribution in [1.29, 1.82) is 0 Å². The third-order valence-corrected chi connectivity index (χ3v) is 7.16. The number of hydrogen-bond acceptors (Lipinski definition) is 6. The van der Waals surface area contributed by atoms with Gasteiger partial charge in [-0.15, -0.1) is 6.42 Å². The van der Waals surface area contributed by atoms with Crippen LogP contribution in [0.1, 0.15) is 12.5 Å². The molecule has 0 aliphatic carbocycles. The molecule has 0 heterocycles. The summed E-state index contributed by atoms with van der Waals surface area (Å²) in [4.78, 5) is 11.2. The molecule has 0 bridgehead atoms. The highest BCUT2D eigenvalue weighted by molar-refractivity contribution is 7.91. The Morgan fingerprint density at radius 2 is 1.48 bits per heavy atom. The molecular weight excluding hydrogens is 459 g/mol. The minimum absolute atomic E-state index is 0.0921. The van der Waals surface area contributed by atoms with Crippen molar-refractivity contribution in [2.75, 3.05) is 11.6 Å². The summed E-state index contributed by atoms with van der Waals surface area (Å²) < 4.78 is 87.0. The zero-order chi connectivity index (χ0) is 23.8. The average molecular weight is 475 g/mol. The topological polar surface area (TPSA) is 118 Å². The summed E-state index contributed by atoms with van der Waals surface area (Å²) in [6.45, 7) is 0.261. The van der Waals surface area contributed by atoms with Gasteiger partial charge in [0.1, 0.15) is 0 Å². The Morgan fingerprint density at radius 3 is 1.94 bits per heavy atom. The van der Waals surface area contributed by atoms with Crippen molar-refractivity contribution in [1.82, 2.24) is 0 Å². The van der Waals surface area contributed by atoms with E-state index >= 15 is 0 Å². The third kappa shape index (κ3) is 4.90. The van der Waals surface area contributed by atoms with E-state index in [0.717, 1.165) is 48.7 Å². The molecule has 0 aromatic heterocycles. The van der Waals surface area contributed by atoms with E-state index in [9.17, 15) is 39.9 Å². The van der Waals surface area contributed by atoms with Crippen LogP contribution in [-0.4, -0.2) is 45.9 Å². The molecule has 12 heteroatoms. The van der Waals surface area contributed by atoms with Crippen LogP contribution in [0, 0.1) is 12.3 Å². The lowest BCUT2D eigenvalue weighted by Gasteiger charge is -2.25. The quantitative estimate of drug-likeness (QED) is 0.640. The van der Waals surface area contributed by atoms with Gasteiger partial charge in [-0.1, -0.05) is 5.92 Å². The number of carbonyl (C=O) groups is 1. The number of benzene rings is 2. The lowest BCUT2D eigenvalue weighted by Crippen LogP contribution is -2.52. The fourth-order valence-electron chi connectivity index (χ4n) is 2.29. The number of rotatable bonds is 5. The van der Waals surface area contributed by atoms with Crippen LogP contribution in [0.4, 0.5) is 18.9 Å². The lowest BCUT2D eigenvalue weighted by atomic mass is 10.1. The van der Waals surface area contributed by atoms with E-state index in [4.69, 9.17) is 6.42 Å². The van der Waals surface area contributed by atoms with Crippen LogP contribution in [0.2, 0.25) is 0 Å². The van der Waals surface area contributed by atoms with Gasteiger partial charge in [0.2, 0.25) is 15.4 Å². The molecule has 1 atom stereocenters. The maximum Gasteiger partial charge on any atom is 0.426 e.